The quantitative estimate of drug-likeness (QED) is 0.894. The fourth-order valence-electron chi connectivity index (χ4n) is 2.24. The Balaban J connectivity index is 2.01. The van der Waals surface area contributed by atoms with E-state index in [0.29, 0.717) is 5.25 Å². The highest BCUT2D eigenvalue weighted by Gasteiger charge is 2.36. The molecular formula is C12H17N3OS. The molecule has 1 fully saturated rings. The van der Waals surface area contributed by atoms with Crippen LogP contribution < -0.4 is 5.32 Å². The summed E-state index contributed by atoms with van der Waals surface area (Å²) in [6.07, 6.45) is 5.65. The van der Waals surface area contributed by atoms with Crippen molar-refractivity contribution in [1.29, 1.82) is 5.26 Å². The predicted molar refractivity (Wildman–Crippen MR) is 66.8 cm³/mol. The zero-order valence-electron chi connectivity index (χ0n) is 10.2. The number of oxazole rings is 1. The summed E-state index contributed by atoms with van der Waals surface area (Å²) in [4.78, 5) is 4.30. The van der Waals surface area contributed by atoms with Gasteiger partial charge in [0.25, 0.3) is 5.22 Å². The molecule has 92 valence electrons. The number of nitrogens with zero attached hydrogens (tertiary/aromatic N) is 2. The number of hydrogen-bond acceptors (Lipinski definition) is 5. The molecule has 0 bridgehead atoms. The second kappa shape index (κ2) is 5.11. The van der Waals surface area contributed by atoms with Crippen molar-refractivity contribution in [3.05, 3.63) is 12.0 Å². The molecule has 5 heteroatoms. The van der Waals surface area contributed by atoms with E-state index in [0.717, 1.165) is 36.6 Å². The van der Waals surface area contributed by atoms with Crippen LogP contribution in [0.25, 0.3) is 0 Å². The Hall–Kier alpha value is -0.990. The lowest BCUT2D eigenvalue weighted by atomic mass is 9.83. The second-order valence-electron chi connectivity index (χ2n) is 4.53. The van der Waals surface area contributed by atoms with E-state index in [1.165, 1.54) is 0 Å². The number of nitrogens with one attached hydrogen (secondary N) is 1. The Morgan fingerprint density at radius 3 is 3.12 bits per heavy atom. The summed E-state index contributed by atoms with van der Waals surface area (Å²) in [7, 11) is 1.87. The Morgan fingerprint density at radius 1 is 1.71 bits per heavy atom. The summed E-state index contributed by atoms with van der Waals surface area (Å²) in [6.45, 7) is 1.92. The van der Waals surface area contributed by atoms with Gasteiger partial charge in [0.1, 0.15) is 11.8 Å². The summed E-state index contributed by atoms with van der Waals surface area (Å²) in [5.74, 6) is 0. The van der Waals surface area contributed by atoms with E-state index in [2.05, 4.69) is 16.4 Å². The average Bonchev–Trinajstić information content (AvgIpc) is 2.75. The monoisotopic (exact) mass is 251 g/mol. The minimum atomic E-state index is -0.364. The first kappa shape index (κ1) is 12.5. The van der Waals surface area contributed by atoms with Crippen molar-refractivity contribution >= 4 is 11.8 Å². The van der Waals surface area contributed by atoms with Crippen LogP contribution in [0.5, 0.6) is 0 Å². The maximum absolute atomic E-state index is 9.27. The smallest absolute Gasteiger partial charge is 0.256 e. The molecule has 1 saturated carbocycles. The fraction of sp³-hybridized carbons (Fsp3) is 0.667. The Bertz CT molecular complexity index is 426. The van der Waals surface area contributed by atoms with E-state index in [9.17, 15) is 5.26 Å². The Labute approximate surface area is 106 Å². The first-order valence-electron chi connectivity index (χ1n) is 5.86. The lowest BCUT2D eigenvalue weighted by molar-refractivity contribution is 0.322. The molecule has 2 rings (SSSR count). The van der Waals surface area contributed by atoms with Gasteiger partial charge in [-0.2, -0.15) is 5.26 Å². The van der Waals surface area contributed by atoms with Crippen LogP contribution in [0.3, 0.4) is 0 Å². The SMILES string of the molecule is CNC1(C#N)CCCC(Sc2nc(C)co2)C1. The van der Waals surface area contributed by atoms with Gasteiger partial charge in [0.15, 0.2) is 0 Å². The highest BCUT2D eigenvalue weighted by molar-refractivity contribution is 7.99. The molecule has 1 aromatic rings. The molecule has 0 aromatic carbocycles. The highest BCUT2D eigenvalue weighted by atomic mass is 32.2. The zero-order valence-corrected chi connectivity index (χ0v) is 11.0. The van der Waals surface area contributed by atoms with Crippen molar-refractivity contribution in [2.75, 3.05) is 7.05 Å². The normalized spacial score (nSPS) is 28.9. The van der Waals surface area contributed by atoms with E-state index in [1.54, 1.807) is 18.0 Å². The number of aromatic nitrogens is 1. The van der Waals surface area contributed by atoms with Gasteiger partial charge in [0, 0.05) is 5.25 Å². The first-order valence-corrected chi connectivity index (χ1v) is 6.74. The molecule has 0 saturated heterocycles. The second-order valence-corrected chi connectivity index (χ2v) is 5.79. The Kier molecular flexibility index (Phi) is 3.75. The van der Waals surface area contributed by atoms with Gasteiger partial charge < -0.3 is 9.73 Å². The van der Waals surface area contributed by atoms with E-state index in [1.807, 2.05) is 14.0 Å². The van der Waals surface area contributed by atoms with Gasteiger partial charge in [-0.05, 0) is 39.7 Å². The average molecular weight is 251 g/mol. The largest absolute Gasteiger partial charge is 0.440 e. The molecule has 17 heavy (non-hydrogen) atoms. The maximum atomic E-state index is 9.27. The van der Waals surface area contributed by atoms with Crippen LogP contribution in [0, 0.1) is 18.3 Å². The molecule has 0 aliphatic heterocycles. The van der Waals surface area contributed by atoms with Crippen LogP contribution in [-0.2, 0) is 0 Å². The van der Waals surface area contributed by atoms with Crippen molar-refractivity contribution in [3.8, 4) is 6.07 Å². The molecule has 0 spiro atoms. The number of aryl methyl sites for hydroxylation is 1. The van der Waals surface area contributed by atoms with Gasteiger partial charge in [0.05, 0.1) is 11.8 Å². The fourth-order valence-corrected chi connectivity index (χ4v) is 3.48. The predicted octanol–water partition coefficient (Wildman–Crippen LogP) is 2.50. The summed E-state index contributed by atoms with van der Waals surface area (Å²) in [5.41, 5.74) is 0.542. The minimum absolute atomic E-state index is 0.364. The molecule has 1 aliphatic carbocycles. The molecule has 1 heterocycles. The lowest BCUT2D eigenvalue weighted by Gasteiger charge is -2.34. The maximum Gasteiger partial charge on any atom is 0.256 e. The van der Waals surface area contributed by atoms with Crippen molar-refractivity contribution < 1.29 is 4.42 Å². The molecule has 1 aliphatic rings. The van der Waals surface area contributed by atoms with Crippen LogP contribution in [0.1, 0.15) is 31.4 Å². The van der Waals surface area contributed by atoms with Crippen molar-refractivity contribution in [2.24, 2.45) is 0 Å². The Morgan fingerprint density at radius 2 is 2.53 bits per heavy atom. The van der Waals surface area contributed by atoms with Crippen LogP contribution in [-0.4, -0.2) is 22.8 Å². The van der Waals surface area contributed by atoms with Crippen LogP contribution in [0.4, 0.5) is 0 Å². The standard InChI is InChI=1S/C12H17N3OS/c1-9-7-16-11(15-9)17-10-4-3-5-12(6-10,8-13)14-2/h7,10,14H,3-6H2,1-2H3. The number of thioether (sulfide) groups is 1. The first-order chi connectivity index (χ1) is 8.17. The van der Waals surface area contributed by atoms with Crippen LogP contribution in [0.2, 0.25) is 0 Å². The molecule has 2 atom stereocenters. The third kappa shape index (κ3) is 2.82. The molecular weight excluding hydrogens is 234 g/mol. The van der Waals surface area contributed by atoms with Crippen molar-refractivity contribution in [3.63, 3.8) is 0 Å². The van der Waals surface area contributed by atoms with E-state index in [4.69, 9.17) is 4.42 Å². The highest BCUT2D eigenvalue weighted by Crippen LogP contribution is 2.37. The number of nitriles is 1. The molecule has 4 nitrogen and oxygen atoms in total. The van der Waals surface area contributed by atoms with Gasteiger partial charge >= 0.3 is 0 Å². The number of rotatable bonds is 3. The zero-order chi connectivity index (χ0) is 12.3. The third-order valence-electron chi connectivity index (χ3n) is 3.26. The summed E-state index contributed by atoms with van der Waals surface area (Å²) in [6, 6.07) is 2.41. The minimum Gasteiger partial charge on any atom is -0.440 e. The summed E-state index contributed by atoms with van der Waals surface area (Å²) in [5, 5.41) is 13.6. The van der Waals surface area contributed by atoms with Gasteiger partial charge in [-0.25, -0.2) is 4.98 Å². The molecule has 2 unspecified atom stereocenters. The summed E-state index contributed by atoms with van der Waals surface area (Å²) < 4.78 is 5.35. The van der Waals surface area contributed by atoms with Gasteiger partial charge in [-0.1, -0.05) is 11.8 Å². The summed E-state index contributed by atoms with van der Waals surface area (Å²) >= 11 is 1.65. The van der Waals surface area contributed by atoms with Gasteiger partial charge in [-0.3, -0.25) is 0 Å². The topological polar surface area (TPSA) is 61.9 Å². The number of hydrogen-bond donors (Lipinski definition) is 1. The van der Waals surface area contributed by atoms with Crippen LogP contribution in [0.15, 0.2) is 15.9 Å². The van der Waals surface area contributed by atoms with E-state index in [-0.39, 0.29) is 5.54 Å². The van der Waals surface area contributed by atoms with Crippen molar-refractivity contribution in [1.82, 2.24) is 10.3 Å². The van der Waals surface area contributed by atoms with E-state index >= 15 is 0 Å². The van der Waals surface area contributed by atoms with Gasteiger partial charge in [-0.15, -0.1) is 0 Å². The van der Waals surface area contributed by atoms with Crippen LogP contribution >= 0.6 is 11.8 Å². The third-order valence-corrected chi connectivity index (χ3v) is 4.39. The lowest BCUT2D eigenvalue weighted by Crippen LogP contribution is -2.46. The molecule has 1 aromatic heterocycles. The molecule has 0 amide bonds. The van der Waals surface area contributed by atoms with E-state index < -0.39 is 0 Å². The molecule has 0 radical (unpaired) electrons. The molecule has 1 N–H and O–H groups in total. The van der Waals surface area contributed by atoms with Crippen molar-refractivity contribution in [2.45, 2.75) is 48.6 Å². The van der Waals surface area contributed by atoms with Gasteiger partial charge in [0.2, 0.25) is 0 Å².